The van der Waals surface area contributed by atoms with Crippen molar-refractivity contribution < 1.29 is 19.0 Å². The van der Waals surface area contributed by atoms with Gasteiger partial charge in [-0.15, -0.1) is 0 Å². The number of benzene rings is 2. The maximum atomic E-state index is 11.4. The molecule has 2 rings (SSSR count). The summed E-state index contributed by atoms with van der Waals surface area (Å²) in [5.41, 5.74) is 0.920. The van der Waals surface area contributed by atoms with Crippen LogP contribution in [0.2, 0.25) is 0 Å². The molecule has 0 aliphatic rings. The molecular weight excluding hydrogens is 280 g/mol. The summed E-state index contributed by atoms with van der Waals surface area (Å²) in [5.74, 6) is 1.29. The maximum Gasteiger partial charge on any atom is 0.309 e. The van der Waals surface area contributed by atoms with Crippen LogP contribution >= 0.6 is 0 Å². The number of hydrogen-bond donors (Lipinski definition) is 0. The van der Waals surface area contributed by atoms with Crippen molar-refractivity contribution in [2.24, 2.45) is 0 Å². The van der Waals surface area contributed by atoms with E-state index in [1.54, 1.807) is 27.2 Å². The molecule has 116 valence electrons. The van der Waals surface area contributed by atoms with Crippen molar-refractivity contribution in [3.05, 3.63) is 42.0 Å². The Morgan fingerprint density at radius 2 is 1.91 bits per heavy atom. The molecule has 0 atom stereocenters. The second-order valence-corrected chi connectivity index (χ2v) is 4.68. The molecule has 0 unspecified atom stereocenters. The zero-order valence-electron chi connectivity index (χ0n) is 13.1. The number of carbonyl (C=O) groups excluding carboxylic acids is 1. The van der Waals surface area contributed by atoms with Gasteiger partial charge >= 0.3 is 5.97 Å². The quantitative estimate of drug-likeness (QED) is 0.761. The molecule has 0 spiro atoms. The summed E-state index contributed by atoms with van der Waals surface area (Å²) in [6, 6.07) is 9.79. The summed E-state index contributed by atoms with van der Waals surface area (Å²) in [6.07, 6.45) is 3.91. The van der Waals surface area contributed by atoms with Crippen molar-refractivity contribution in [2.75, 3.05) is 20.8 Å². The van der Waals surface area contributed by atoms with Crippen LogP contribution in [-0.4, -0.2) is 26.8 Å². The molecular formula is C18H20O4. The molecule has 4 nitrogen and oxygen atoms in total. The van der Waals surface area contributed by atoms with Crippen LogP contribution in [0.25, 0.3) is 16.8 Å². The minimum absolute atomic E-state index is 0.233. The highest BCUT2D eigenvalue weighted by atomic mass is 16.5. The van der Waals surface area contributed by atoms with E-state index in [1.165, 1.54) is 0 Å². The zero-order chi connectivity index (χ0) is 15.9. The van der Waals surface area contributed by atoms with Crippen molar-refractivity contribution in [1.82, 2.24) is 0 Å². The van der Waals surface area contributed by atoms with E-state index in [9.17, 15) is 4.79 Å². The van der Waals surface area contributed by atoms with Crippen LogP contribution in [0, 0.1) is 0 Å². The first-order valence-corrected chi connectivity index (χ1v) is 7.16. The van der Waals surface area contributed by atoms with Gasteiger partial charge in [-0.25, -0.2) is 0 Å². The molecule has 0 bridgehead atoms. The highest BCUT2D eigenvalue weighted by Gasteiger charge is 2.07. The Balaban J connectivity index is 2.40. The van der Waals surface area contributed by atoms with Gasteiger partial charge in [0.2, 0.25) is 0 Å². The van der Waals surface area contributed by atoms with Crippen molar-refractivity contribution in [3.63, 3.8) is 0 Å². The van der Waals surface area contributed by atoms with E-state index in [0.717, 1.165) is 27.8 Å². The molecule has 0 aliphatic carbocycles. The van der Waals surface area contributed by atoms with Gasteiger partial charge in [-0.3, -0.25) is 4.79 Å². The first-order chi connectivity index (χ1) is 10.7. The third-order valence-electron chi connectivity index (χ3n) is 3.32. The molecule has 0 heterocycles. The number of hydrogen-bond acceptors (Lipinski definition) is 4. The van der Waals surface area contributed by atoms with Gasteiger partial charge in [-0.2, -0.15) is 0 Å². The molecule has 22 heavy (non-hydrogen) atoms. The maximum absolute atomic E-state index is 11.4. The van der Waals surface area contributed by atoms with Crippen molar-refractivity contribution in [3.8, 4) is 11.5 Å². The van der Waals surface area contributed by atoms with Crippen LogP contribution in [0.4, 0.5) is 0 Å². The number of carbonyl (C=O) groups is 1. The fourth-order valence-electron chi connectivity index (χ4n) is 2.27. The first kappa shape index (κ1) is 15.9. The Morgan fingerprint density at radius 1 is 1.14 bits per heavy atom. The summed E-state index contributed by atoms with van der Waals surface area (Å²) in [7, 11) is 3.27. The van der Waals surface area contributed by atoms with E-state index >= 15 is 0 Å². The van der Waals surface area contributed by atoms with Crippen molar-refractivity contribution >= 4 is 22.8 Å². The lowest BCUT2D eigenvalue weighted by Crippen LogP contribution is -2.01. The second kappa shape index (κ2) is 7.50. The van der Waals surface area contributed by atoms with E-state index in [2.05, 4.69) is 0 Å². The third kappa shape index (κ3) is 3.58. The number of ether oxygens (including phenoxy) is 3. The third-order valence-corrected chi connectivity index (χ3v) is 3.32. The summed E-state index contributed by atoms with van der Waals surface area (Å²) >= 11 is 0. The summed E-state index contributed by atoms with van der Waals surface area (Å²) in [4.78, 5) is 11.4. The lowest BCUT2D eigenvalue weighted by molar-refractivity contribution is -0.142. The topological polar surface area (TPSA) is 44.8 Å². The van der Waals surface area contributed by atoms with Crippen LogP contribution in [-0.2, 0) is 9.53 Å². The first-order valence-electron chi connectivity index (χ1n) is 7.16. The van der Waals surface area contributed by atoms with E-state index in [4.69, 9.17) is 14.2 Å². The minimum atomic E-state index is -0.240. The van der Waals surface area contributed by atoms with Gasteiger partial charge in [0.05, 0.1) is 27.2 Å². The van der Waals surface area contributed by atoms with Gasteiger partial charge in [0.1, 0.15) is 11.5 Å². The molecule has 0 aromatic heterocycles. The number of methoxy groups -OCH3 is 2. The van der Waals surface area contributed by atoms with Crippen molar-refractivity contribution in [2.45, 2.75) is 13.3 Å². The van der Waals surface area contributed by atoms with Crippen LogP contribution in [0.5, 0.6) is 11.5 Å². The normalized spacial score (nSPS) is 10.9. The predicted molar refractivity (Wildman–Crippen MR) is 87.3 cm³/mol. The van der Waals surface area contributed by atoms with Gasteiger partial charge in [0.15, 0.2) is 0 Å². The minimum Gasteiger partial charge on any atom is -0.497 e. The number of rotatable bonds is 6. The molecule has 0 radical (unpaired) electrons. The van der Waals surface area contributed by atoms with E-state index < -0.39 is 0 Å². The Bertz CT molecular complexity index is 684. The number of esters is 1. The Hall–Kier alpha value is -2.49. The highest BCUT2D eigenvalue weighted by molar-refractivity contribution is 5.94. The molecule has 0 amide bonds. The average molecular weight is 300 g/mol. The van der Waals surface area contributed by atoms with Crippen LogP contribution < -0.4 is 9.47 Å². The van der Waals surface area contributed by atoms with Gasteiger partial charge in [0, 0.05) is 5.56 Å². The van der Waals surface area contributed by atoms with Crippen molar-refractivity contribution in [1.29, 1.82) is 0 Å². The van der Waals surface area contributed by atoms with E-state index in [-0.39, 0.29) is 12.4 Å². The summed E-state index contributed by atoms with van der Waals surface area (Å²) in [6.45, 7) is 2.18. The number of fused-ring (bicyclic) bond motifs is 1. The molecule has 0 aliphatic heterocycles. The molecule has 0 saturated carbocycles. The Labute approximate surface area is 130 Å². The van der Waals surface area contributed by atoms with E-state index in [0.29, 0.717) is 6.61 Å². The fourth-order valence-corrected chi connectivity index (χ4v) is 2.27. The molecule has 0 N–H and O–H groups in total. The molecule has 2 aromatic carbocycles. The Morgan fingerprint density at radius 3 is 2.59 bits per heavy atom. The lowest BCUT2D eigenvalue weighted by Gasteiger charge is -2.10. The van der Waals surface area contributed by atoms with Crippen LogP contribution in [0.15, 0.2) is 36.4 Å². The standard InChI is InChI=1S/C18H20O4/c1-4-22-18(19)7-5-6-15-16-12-14(20-2)10-8-13(16)9-11-17(15)21-3/h5-6,8-12H,4,7H2,1-3H3. The smallest absolute Gasteiger partial charge is 0.309 e. The monoisotopic (exact) mass is 300 g/mol. The summed E-state index contributed by atoms with van der Waals surface area (Å²) < 4.78 is 15.6. The fraction of sp³-hybridized carbons (Fsp3) is 0.278. The van der Waals surface area contributed by atoms with Crippen LogP contribution in [0.1, 0.15) is 18.9 Å². The Kier molecular flexibility index (Phi) is 5.42. The van der Waals surface area contributed by atoms with E-state index in [1.807, 2.05) is 36.4 Å². The molecule has 0 fully saturated rings. The average Bonchev–Trinajstić information content (AvgIpc) is 2.54. The lowest BCUT2D eigenvalue weighted by atomic mass is 10.0. The zero-order valence-corrected chi connectivity index (χ0v) is 13.1. The highest BCUT2D eigenvalue weighted by Crippen LogP contribution is 2.31. The van der Waals surface area contributed by atoms with Gasteiger partial charge in [0.25, 0.3) is 0 Å². The van der Waals surface area contributed by atoms with Gasteiger partial charge in [-0.1, -0.05) is 24.3 Å². The molecule has 0 saturated heterocycles. The predicted octanol–water partition coefficient (Wildman–Crippen LogP) is 3.82. The van der Waals surface area contributed by atoms with Crippen LogP contribution in [0.3, 0.4) is 0 Å². The SMILES string of the molecule is CCOC(=O)CC=Cc1c(OC)ccc2ccc(OC)cc12. The summed E-state index contributed by atoms with van der Waals surface area (Å²) in [5, 5.41) is 2.09. The second-order valence-electron chi connectivity index (χ2n) is 4.68. The van der Waals surface area contributed by atoms with Gasteiger partial charge < -0.3 is 14.2 Å². The van der Waals surface area contributed by atoms with Gasteiger partial charge in [-0.05, 0) is 35.9 Å². The molecule has 4 heteroatoms. The largest absolute Gasteiger partial charge is 0.497 e. The molecule has 2 aromatic rings.